The summed E-state index contributed by atoms with van der Waals surface area (Å²) in [7, 11) is 1.25. The topological polar surface area (TPSA) is 177 Å². The average molecular weight is 435 g/mol. The first-order valence-corrected chi connectivity index (χ1v) is 9.31. The third-order valence-corrected chi connectivity index (χ3v) is 4.69. The molecule has 13 heteroatoms. The standard InChI is InChI=1S/C17H17N5O7S/c1-28-21-12(11-7-30-17(18)20-11)14(24)19-10-6-22(15(10)25)29-13(16(26)27)8-2-4-9(23)5-3-8/h2-5,7,10,13,23H,6H2,1H3,(H2,18,20)(H,19,24)(H,26,27)/t10-,13?/m0/s1. The minimum absolute atomic E-state index is 0.0407. The summed E-state index contributed by atoms with van der Waals surface area (Å²) in [6.45, 7) is -0.0775. The number of phenolic OH excluding ortho intramolecular Hbond substituents is 1. The lowest BCUT2D eigenvalue weighted by molar-refractivity contribution is -0.237. The van der Waals surface area contributed by atoms with Crippen LogP contribution in [0.5, 0.6) is 5.75 Å². The Labute approximate surface area is 173 Å². The molecule has 2 amide bonds. The largest absolute Gasteiger partial charge is 0.508 e. The molecule has 1 aliphatic rings. The molecule has 2 aromatic rings. The van der Waals surface area contributed by atoms with Crippen molar-refractivity contribution in [1.82, 2.24) is 15.4 Å². The Morgan fingerprint density at radius 2 is 2.10 bits per heavy atom. The number of oxime groups is 1. The second kappa shape index (κ2) is 8.75. The summed E-state index contributed by atoms with van der Waals surface area (Å²) in [5, 5.41) is 27.4. The van der Waals surface area contributed by atoms with Crippen molar-refractivity contribution in [2.45, 2.75) is 12.1 Å². The van der Waals surface area contributed by atoms with Crippen LogP contribution in [0.25, 0.3) is 0 Å². The van der Waals surface area contributed by atoms with Crippen molar-refractivity contribution in [3.05, 3.63) is 40.9 Å². The van der Waals surface area contributed by atoms with Gasteiger partial charge in [0, 0.05) is 5.38 Å². The molecule has 0 aliphatic carbocycles. The number of carboxylic acid groups (broad SMARTS) is 1. The molecule has 1 fully saturated rings. The van der Waals surface area contributed by atoms with Crippen molar-refractivity contribution in [1.29, 1.82) is 0 Å². The van der Waals surface area contributed by atoms with Gasteiger partial charge in [-0.25, -0.2) is 14.8 Å². The number of benzene rings is 1. The number of β-lactam (4-membered cyclic amide) rings is 1. The molecule has 0 radical (unpaired) electrons. The van der Waals surface area contributed by atoms with Crippen molar-refractivity contribution in [3.63, 3.8) is 0 Å². The number of nitrogens with zero attached hydrogens (tertiary/aromatic N) is 3. The van der Waals surface area contributed by atoms with E-state index >= 15 is 0 Å². The number of hydrogen-bond donors (Lipinski definition) is 4. The highest BCUT2D eigenvalue weighted by molar-refractivity contribution is 7.13. The van der Waals surface area contributed by atoms with Gasteiger partial charge in [-0.3, -0.25) is 14.4 Å². The second-order valence-corrected chi connectivity index (χ2v) is 6.92. The van der Waals surface area contributed by atoms with E-state index in [0.29, 0.717) is 0 Å². The van der Waals surface area contributed by atoms with Crippen molar-refractivity contribution in [3.8, 4) is 5.75 Å². The minimum Gasteiger partial charge on any atom is -0.508 e. The Morgan fingerprint density at radius 3 is 2.63 bits per heavy atom. The Bertz CT molecular complexity index is 991. The van der Waals surface area contributed by atoms with Gasteiger partial charge < -0.3 is 26.1 Å². The Morgan fingerprint density at radius 1 is 1.40 bits per heavy atom. The third kappa shape index (κ3) is 4.47. The quantitative estimate of drug-likeness (QED) is 0.250. The fraction of sp³-hybridized carbons (Fsp3) is 0.235. The van der Waals surface area contributed by atoms with Crippen LogP contribution in [0, 0.1) is 0 Å². The van der Waals surface area contributed by atoms with Crippen molar-refractivity contribution in [2.75, 3.05) is 19.4 Å². The number of aliphatic carboxylic acids is 1. The molecule has 158 valence electrons. The molecule has 1 aromatic carbocycles. The number of thiazole rings is 1. The number of aromatic hydroxyl groups is 1. The number of hydroxylamine groups is 2. The number of nitrogens with two attached hydrogens (primary N) is 1. The van der Waals surface area contributed by atoms with Crippen LogP contribution in [-0.2, 0) is 24.1 Å². The Balaban J connectivity index is 1.63. The van der Waals surface area contributed by atoms with Crippen LogP contribution in [0.4, 0.5) is 5.13 Å². The maximum atomic E-state index is 12.5. The SMILES string of the molecule is CON=C(C(=O)N[C@H]1CN(OC(C(=O)O)c2ccc(O)cc2)C1=O)c1csc(N)n1. The molecule has 0 saturated carbocycles. The smallest absolute Gasteiger partial charge is 0.340 e. The number of hydrogen-bond acceptors (Lipinski definition) is 10. The number of rotatable bonds is 8. The predicted octanol–water partition coefficient (Wildman–Crippen LogP) is -0.134. The van der Waals surface area contributed by atoms with Gasteiger partial charge in [0.1, 0.15) is 24.6 Å². The van der Waals surface area contributed by atoms with E-state index in [9.17, 15) is 24.6 Å². The van der Waals surface area contributed by atoms with Crippen molar-refractivity contribution in [2.24, 2.45) is 5.16 Å². The molecule has 0 bridgehead atoms. The molecule has 2 atom stereocenters. The second-order valence-electron chi connectivity index (χ2n) is 6.03. The van der Waals surface area contributed by atoms with Gasteiger partial charge in [0.2, 0.25) is 6.10 Å². The molecule has 1 unspecified atom stereocenters. The molecular weight excluding hydrogens is 418 g/mol. The molecule has 1 aromatic heterocycles. The van der Waals surface area contributed by atoms with E-state index in [-0.39, 0.29) is 34.4 Å². The fourth-order valence-electron chi connectivity index (χ4n) is 2.54. The van der Waals surface area contributed by atoms with E-state index in [1.807, 2.05) is 0 Å². The number of carbonyl (C=O) groups is 3. The molecule has 12 nitrogen and oxygen atoms in total. The molecule has 1 saturated heterocycles. The van der Waals surface area contributed by atoms with E-state index in [1.54, 1.807) is 0 Å². The molecular formula is C17H17N5O7S. The first-order valence-electron chi connectivity index (χ1n) is 8.43. The molecule has 5 N–H and O–H groups in total. The number of carbonyl (C=O) groups excluding carboxylic acids is 2. The van der Waals surface area contributed by atoms with Gasteiger partial charge in [-0.2, -0.15) is 0 Å². The highest BCUT2D eigenvalue weighted by Crippen LogP contribution is 2.25. The number of phenols is 1. The lowest BCUT2D eigenvalue weighted by Gasteiger charge is -2.38. The molecule has 3 rings (SSSR count). The summed E-state index contributed by atoms with van der Waals surface area (Å²) in [6.07, 6.45) is -1.46. The van der Waals surface area contributed by atoms with E-state index in [2.05, 4.69) is 20.3 Å². The Hall–Kier alpha value is -3.71. The Kier molecular flexibility index (Phi) is 6.13. The fourth-order valence-corrected chi connectivity index (χ4v) is 3.09. The van der Waals surface area contributed by atoms with E-state index in [1.165, 1.54) is 36.8 Å². The molecule has 30 heavy (non-hydrogen) atoms. The van der Waals surface area contributed by atoms with Crippen LogP contribution in [-0.4, -0.2) is 63.5 Å². The average Bonchev–Trinajstić information content (AvgIpc) is 3.14. The normalized spacial score (nSPS) is 17.2. The van der Waals surface area contributed by atoms with Gasteiger partial charge >= 0.3 is 5.97 Å². The van der Waals surface area contributed by atoms with Crippen LogP contribution < -0.4 is 11.1 Å². The first kappa shape index (κ1) is 21.0. The van der Waals surface area contributed by atoms with Crippen molar-refractivity contribution >= 4 is 40.0 Å². The van der Waals surface area contributed by atoms with Crippen molar-refractivity contribution < 1.29 is 34.3 Å². The number of carboxylic acids is 1. The molecule has 1 aliphatic heterocycles. The summed E-state index contributed by atoms with van der Waals surface area (Å²) in [6, 6.07) is 4.40. The van der Waals surface area contributed by atoms with E-state index < -0.39 is 29.9 Å². The maximum absolute atomic E-state index is 12.5. The summed E-state index contributed by atoms with van der Waals surface area (Å²) in [5.74, 6) is -2.71. The number of nitrogens with one attached hydrogen (secondary N) is 1. The summed E-state index contributed by atoms with van der Waals surface area (Å²) >= 11 is 1.11. The van der Waals surface area contributed by atoms with Crippen LogP contribution in [0.2, 0.25) is 0 Å². The highest BCUT2D eigenvalue weighted by Gasteiger charge is 2.42. The maximum Gasteiger partial charge on any atom is 0.340 e. The molecule has 0 spiro atoms. The van der Waals surface area contributed by atoms with E-state index in [0.717, 1.165) is 16.4 Å². The van der Waals surface area contributed by atoms with Gasteiger partial charge in [0.05, 0.1) is 6.54 Å². The van der Waals surface area contributed by atoms with Gasteiger partial charge in [0.15, 0.2) is 10.8 Å². The van der Waals surface area contributed by atoms with Crippen LogP contribution in [0.15, 0.2) is 34.8 Å². The summed E-state index contributed by atoms with van der Waals surface area (Å²) < 4.78 is 0. The minimum atomic E-state index is -1.46. The summed E-state index contributed by atoms with van der Waals surface area (Å²) in [5.41, 5.74) is 5.82. The number of amides is 2. The lowest BCUT2D eigenvalue weighted by atomic mass is 10.1. The zero-order valence-electron chi connectivity index (χ0n) is 15.5. The highest BCUT2D eigenvalue weighted by atomic mass is 32.1. The monoisotopic (exact) mass is 435 g/mol. The van der Waals surface area contributed by atoms with Gasteiger partial charge in [-0.05, 0) is 17.7 Å². The van der Waals surface area contributed by atoms with E-state index in [4.69, 9.17) is 10.6 Å². The number of anilines is 1. The lowest BCUT2D eigenvalue weighted by Crippen LogP contribution is -2.64. The predicted molar refractivity (Wildman–Crippen MR) is 103 cm³/mol. The first-order chi connectivity index (χ1) is 14.3. The molecule has 2 heterocycles. The van der Waals surface area contributed by atoms with Crippen LogP contribution in [0.3, 0.4) is 0 Å². The van der Waals surface area contributed by atoms with Crippen LogP contribution >= 0.6 is 11.3 Å². The zero-order chi connectivity index (χ0) is 21.8. The van der Waals surface area contributed by atoms with Gasteiger partial charge in [0.25, 0.3) is 11.8 Å². The number of aromatic nitrogens is 1. The number of nitrogen functional groups attached to an aromatic ring is 1. The zero-order valence-corrected chi connectivity index (χ0v) is 16.3. The van der Waals surface area contributed by atoms with Gasteiger partial charge in [-0.15, -0.1) is 11.3 Å². The summed E-state index contributed by atoms with van der Waals surface area (Å²) in [4.78, 5) is 50.1. The van der Waals surface area contributed by atoms with Crippen LogP contribution in [0.1, 0.15) is 17.4 Å². The van der Waals surface area contributed by atoms with Gasteiger partial charge in [-0.1, -0.05) is 17.3 Å². The third-order valence-electron chi connectivity index (χ3n) is 4.01.